The van der Waals surface area contributed by atoms with Crippen molar-refractivity contribution >= 4 is 10.0 Å². The summed E-state index contributed by atoms with van der Waals surface area (Å²) in [7, 11) is -3.40. The van der Waals surface area contributed by atoms with Crippen molar-refractivity contribution in [1.29, 1.82) is 0 Å². The number of rotatable bonds is 8. The van der Waals surface area contributed by atoms with Gasteiger partial charge in [-0.2, -0.15) is 0 Å². The molecule has 1 aliphatic rings. The van der Waals surface area contributed by atoms with Gasteiger partial charge in [-0.05, 0) is 39.2 Å². The van der Waals surface area contributed by atoms with E-state index in [-0.39, 0.29) is 6.04 Å². The standard InChI is InChI=1S/C14H25N3O2S/c1-4-11(3)16-20(18,19)14-8-13(17(5-2)10-14)9-15-12-6-7-12/h8,10-12,15-16H,4-7,9H2,1-3H3. The molecular formula is C14H25N3O2S. The quantitative estimate of drug-likeness (QED) is 0.770. The molecule has 2 N–H and O–H groups in total. The van der Waals surface area contributed by atoms with Gasteiger partial charge in [-0.25, -0.2) is 13.1 Å². The first-order valence-electron chi connectivity index (χ1n) is 7.41. The minimum Gasteiger partial charge on any atom is -0.349 e. The Hall–Kier alpha value is -0.850. The average Bonchev–Trinajstić information content (AvgIpc) is 3.13. The van der Waals surface area contributed by atoms with Crippen LogP contribution >= 0.6 is 0 Å². The summed E-state index contributed by atoms with van der Waals surface area (Å²) in [5.41, 5.74) is 1.03. The summed E-state index contributed by atoms with van der Waals surface area (Å²) < 4.78 is 29.3. The van der Waals surface area contributed by atoms with E-state index in [1.807, 2.05) is 25.3 Å². The number of hydrogen-bond acceptors (Lipinski definition) is 3. The van der Waals surface area contributed by atoms with Crippen LogP contribution in [0, 0.1) is 0 Å². The second-order valence-electron chi connectivity index (χ2n) is 5.54. The highest BCUT2D eigenvalue weighted by atomic mass is 32.2. The monoisotopic (exact) mass is 299 g/mol. The van der Waals surface area contributed by atoms with Crippen LogP contribution in [0.2, 0.25) is 0 Å². The molecule has 1 aliphatic carbocycles. The van der Waals surface area contributed by atoms with Crippen molar-refractivity contribution in [3.63, 3.8) is 0 Å². The van der Waals surface area contributed by atoms with Crippen molar-refractivity contribution in [3.8, 4) is 0 Å². The van der Waals surface area contributed by atoms with Gasteiger partial charge < -0.3 is 9.88 Å². The summed E-state index contributed by atoms with van der Waals surface area (Å²) in [6.45, 7) is 7.39. The fourth-order valence-electron chi connectivity index (χ4n) is 2.07. The van der Waals surface area contributed by atoms with Crippen LogP contribution in [0.25, 0.3) is 0 Å². The molecular weight excluding hydrogens is 274 g/mol. The molecule has 0 spiro atoms. The fraction of sp³-hybridized carbons (Fsp3) is 0.714. The van der Waals surface area contributed by atoms with Crippen molar-refractivity contribution in [2.45, 2.75) is 70.1 Å². The molecule has 1 fully saturated rings. The Morgan fingerprint density at radius 1 is 1.40 bits per heavy atom. The Bertz CT molecular complexity index is 547. The van der Waals surface area contributed by atoms with Crippen LogP contribution < -0.4 is 10.0 Å². The second kappa shape index (κ2) is 6.28. The van der Waals surface area contributed by atoms with E-state index >= 15 is 0 Å². The number of aromatic nitrogens is 1. The lowest BCUT2D eigenvalue weighted by Gasteiger charge is -2.10. The van der Waals surface area contributed by atoms with Gasteiger partial charge in [-0.1, -0.05) is 6.92 Å². The molecule has 0 radical (unpaired) electrons. The van der Waals surface area contributed by atoms with Crippen LogP contribution in [-0.4, -0.2) is 25.1 Å². The summed E-state index contributed by atoms with van der Waals surface area (Å²) in [6, 6.07) is 2.36. The third-order valence-electron chi connectivity index (χ3n) is 3.73. The van der Waals surface area contributed by atoms with Gasteiger partial charge >= 0.3 is 0 Å². The van der Waals surface area contributed by atoms with Gasteiger partial charge in [0, 0.05) is 37.1 Å². The van der Waals surface area contributed by atoms with E-state index in [4.69, 9.17) is 0 Å². The highest BCUT2D eigenvalue weighted by Gasteiger charge is 2.23. The van der Waals surface area contributed by atoms with Gasteiger partial charge in [-0.15, -0.1) is 0 Å². The molecule has 1 aromatic heterocycles. The lowest BCUT2D eigenvalue weighted by Crippen LogP contribution is -2.31. The van der Waals surface area contributed by atoms with Crippen LogP contribution in [-0.2, 0) is 23.1 Å². The lowest BCUT2D eigenvalue weighted by atomic mass is 10.3. The number of nitrogens with one attached hydrogen (secondary N) is 2. The van der Waals surface area contributed by atoms with Crippen LogP contribution in [0.4, 0.5) is 0 Å². The summed E-state index contributed by atoms with van der Waals surface area (Å²) in [4.78, 5) is 0.368. The zero-order valence-corrected chi connectivity index (χ0v) is 13.3. The highest BCUT2D eigenvalue weighted by molar-refractivity contribution is 7.89. The molecule has 114 valence electrons. The summed E-state index contributed by atoms with van der Waals surface area (Å²) in [6.07, 6.45) is 4.97. The number of nitrogens with zero attached hydrogens (tertiary/aromatic N) is 1. The van der Waals surface area contributed by atoms with Crippen molar-refractivity contribution in [3.05, 3.63) is 18.0 Å². The Kier molecular flexibility index (Phi) is 4.88. The van der Waals surface area contributed by atoms with Crippen molar-refractivity contribution < 1.29 is 8.42 Å². The van der Waals surface area contributed by atoms with Crippen LogP contribution in [0.5, 0.6) is 0 Å². The maximum absolute atomic E-state index is 12.3. The molecule has 0 saturated heterocycles. The smallest absolute Gasteiger partial charge is 0.242 e. The molecule has 0 bridgehead atoms. The third-order valence-corrected chi connectivity index (χ3v) is 5.29. The van der Waals surface area contributed by atoms with E-state index < -0.39 is 10.0 Å². The molecule has 6 heteroatoms. The van der Waals surface area contributed by atoms with Gasteiger partial charge in [0.05, 0.1) is 4.90 Å². The van der Waals surface area contributed by atoms with Crippen LogP contribution in [0.15, 0.2) is 17.2 Å². The Morgan fingerprint density at radius 2 is 2.10 bits per heavy atom. The van der Waals surface area contributed by atoms with Crippen molar-refractivity contribution in [2.24, 2.45) is 0 Å². The predicted octanol–water partition coefficient (Wildman–Crippen LogP) is 1.84. The fourth-order valence-corrected chi connectivity index (χ4v) is 3.46. The normalized spacial score (nSPS) is 17.4. The molecule has 0 amide bonds. The molecule has 5 nitrogen and oxygen atoms in total. The molecule has 1 aromatic rings. The van der Waals surface area contributed by atoms with E-state index in [9.17, 15) is 8.42 Å². The first-order chi connectivity index (χ1) is 9.46. The Balaban J connectivity index is 2.14. The zero-order chi connectivity index (χ0) is 14.8. The molecule has 1 atom stereocenters. The molecule has 2 rings (SSSR count). The van der Waals surface area contributed by atoms with E-state index in [0.29, 0.717) is 10.9 Å². The van der Waals surface area contributed by atoms with Crippen LogP contribution in [0.3, 0.4) is 0 Å². The van der Waals surface area contributed by atoms with Gasteiger partial charge in [-0.3, -0.25) is 0 Å². The topological polar surface area (TPSA) is 63.1 Å². The van der Waals surface area contributed by atoms with E-state index in [1.165, 1.54) is 12.8 Å². The molecule has 1 heterocycles. The molecule has 0 aromatic carbocycles. The van der Waals surface area contributed by atoms with Crippen LogP contribution in [0.1, 0.15) is 45.7 Å². The predicted molar refractivity (Wildman–Crippen MR) is 80.0 cm³/mol. The minimum atomic E-state index is -3.40. The van der Waals surface area contributed by atoms with Gasteiger partial charge in [0.15, 0.2) is 0 Å². The number of hydrogen-bond donors (Lipinski definition) is 2. The molecule has 20 heavy (non-hydrogen) atoms. The van der Waals surface area contributed by atoms with Crippen molar-refractivity contribution in [2.75, 3.05) is 0 Å². The second-order valence-corrected chi connectivity index (χ2v) is 7.25. The van der Waals surface area contributed by atoms with E-state index in [0.717, 1.165) is 25.2 Å². The summed E-state index contributed by atoms with van der Waals surface area (Å²) in [5.74, 6) is 0. The first-order valence-corrected chi connectivity index (χ1v) is 8.89. The zero-order valence-electron chi connectivity index (χ0n) is 12.5. The number of aryl methyl sites for hydroxylation is 1. The first kappa shape index (κ1) is 15.5. The third kappa shape index (κ3) is 3.84. The van der Waals surface area contributed by atoms with Gasteiger partial charge in [0.1, 0.15) is 0 Å². The van der Waals surface area contributed by atoms with Gasteiger partial charge in [0.25, 0.3) is 0 Å². The molecule has 1 saturated carbocycles. The average molecular weight is 299 g/mol. The number of sulfonamides is 1. The summed E-state index contributed by atoms with van der Waals surface area (Å²) in [5, 5.41) is 3.43. The van der Waals surface area contributed by atoms with Crippen molar-refractivity contribution in [1.82, 2.24) is 14.6 Å². The SMILES string of the molecule is CCC(C)NS(=O)(=O)c1cc(CNC2CC2)n(CC)c1. The highest BCUT2D eigenvalue weighted by Crippen LogP contribution is 2.21. The minimum absolute atomic E-state index is 0.0435. The van der Waals surface area contributed by atoms with Gasteiger partial charge in [0.2, 0.25) is 10.0 Å². The largest absolute Gasteiger partial charge is 0.349 e. The lowest BCUT2D eigenvalue weighted by molar-refractivity contribution is 0.555. The molecule has 0 aliphatic heterocycles. The maximum atomic E-state index is 12.3. The van der Waals surface area contributed by atoms with E-state index in [1.54, 1.807) is 12.3 Å². The Labute approximate surface area is 121 Å². The summed E-state index contributed by atoms with van der Waals surface area (Å²) >= 11 is 0. The molecule has 1 unspecified atom stereocenters. The Morgan fingerprint density at radius 3 is 2.65 bits per heavy atom. The van der Waals surface area contributed by atoms with E-state index in [2.05, 4.69) is 10.0 Å². The maximum Gasteiger partial charge on any atom is 0.242 e.